The molecular formula is C5H8O2P+. The highest BCUT2D eigenvalue weighted by Crippen LogP contribution is 2.12. The lowest BCUT2D eigenvalue weighted by Crippen LogP contribution is -1.51. The van der Waals surface area contributed by atoms with Gasteiger partial charge in [-0.25, -0.2) is 0 Å². The van der Waals surface area contributed by atoms with Crippen LogP contribution in [0.25, 0.3) is 0 Å². The van der Waals surface area contributed by atoms with Crippen LogP contribution in [-0.2, 0) is 4.57 Å². The third-order valence-corrected chi connectivity index (χ3v) is 0.814. The van der Waals surface area contributed by atoms with E-state index in [2.05, 4.69) is 5.73 Å². The van der Waals surface area contributed by atoms with Gasteiger partial charge in [-0.2, -0.15) is 4.89 Å². The van der Waals surface area contributed by atoms with Crippen LogP contribution in [0, 0.1) is 0 Å². The predicted octanol–water partition coefficient (Wildman–Crippen LogP) is 1.80. The molecule has 3 heteroatoms. The standard InChI is InChI=1S/C5H7O2P/c1-5(2)3-4-8(6)7/h4H,1-2H3/p+1. The number of hydrogen-bond donors (Lipinski definition) is 1. The Hall–Kier alpha value is -0.420. The van der Waals surface area contributed by atoms with E-state index >= 15 is 0 Å². The summed E-state index contributed by atoms with van der Waals surface area (Å²) in [4.78, 5) is 8.18. The summed E-state index contributed by atoms with van der Waals surface area (Å²) >= 11 is 0. The van der Waals surface area contributed by atoms with Crippen molar-refractivity contribution in [2.75, 3.05) is 0 Å². The first-order valence-electron chi connectivity index (χ1n) is 2.18. The van der Waals surface area contributed by atoms with Crippen molar-refractivity contribution in [1.29, 1.82) is 0 Å². The fraction of sp³-hybridized carbons (Fsp3) is 0.400. The van der Waals surface area contributed by atoms with E-state index in [1.165, 1.54) is 0 Å². The molecule has 0 aromatic carbocycles. The Morgan fingerprint density at radius 2 is 2.25 bits per heavy atom. The largest absolute Gasteiger partial charge is 0.546 e. The smallest absolute Gasteiger partial charge is 0.156 e. The van der Waals surface area contributed by atoms with E-state index in [1.54, 1.807) is 0 Å². The van der Waals surface area contributed by atoms with Crippen molar-refractivity contribution < 1.29 is 9.46 Å². The van der Waals surface area contributed by atoms with Gasteiger partial charge in [-0.05, 0) is 24.0 Å². The van der Waals surface area contributed by atoms with Gasteiger partial charge in [0.2, 0.25) is 5.82 Å². The Labute approximate surface area is 49.4 Å². The third kappa shape index (κ3) is 5.58. The normalized spacial score (nSPS) is 9.62. The summed E-state index contributed by atoms with van der Waals surface area (Å²) in [6.45, 7) is 3.63. The van der Waals surface area contributed by atoms with Gasteiger partial charge >= 0.3 is 8.03 Å². The highest BCUT2D eigenvalue weighted by molar-refractivity contribution is 7.41. The van der Waals surface area contributed by atoms with Crippen LogP contribution in [0.1, 0.15) is 13.8 Å². The predicted molar refractivity (Wildman–Crippen MR) is 32.8 cm³/mol. The zero-order chi connectivity index (χ0) is 6.57. The molecule has 0 saturated carbocycles. The van der Waals surface area contributed by atoms with Gasteiger partial charge in [-0.15, -0.1) is 0 Å². The minimum Gasteiger partial charge on any atom is -0.156 e. The van der Waals surface area contributed by atoms with E-state index in [-0.39, 0.29) is 0 Å². The molecule has 0 aromatic heterocycles. The zero-order valence-corrected chi connectivity index (χ0v) is 5.77. The number of hydrogen-bond acceptors (Lipinski definition) is 1. The first-order valence-corrected chi connectivity index (χ1v) is 3.46. The SMILES string of the molecule is CC(C)=C=C[P+](=O)O. The first kappa shape index (κ1) is 7.58. The molecule has 1 unspecified atom stereocenters. The van der Waals surface area contributed by atoms with E-state index in [0.29, 0.717) is 0 Å². The maximum atomic E-state index is 9.92. The average molecular weight is 131 g/mol. The van der Waals surface area contributed by atoms with Crippen LogP contribution in [0.5, 0.6) is 0 Å². The lowest BCUT2D eigenvalue weighted by atomic mass is 10.4. The number of rotatable bonds is 1. The van der Waals surface area contributed by atoms with Crippen molar-refractivity contribution in [2.45, 2.75) is 13.8 Å². The van der Waals surface area contributed by atoms with Crippen LogP contribution >= 0.6 is 8.03 Å². The van der Waals surface area contributed by atoms with Crippen molar-refractivity contribution >= 4 is 8.03 Å². The summed E-state index contributed by atoms with van der Waals surface area (Å²) in [5.74, 6) is 1.14. The summed E-state index contributed by atoms with van der Waals surface area (Å²) < 4.78 is 9.92. The molecule has 0 radical (unpaired) electrons. The fourth-order valence-corrected chi connectivity index (χ4v) is 0.553. The van der Waals surface area contributed by atoms with Gasteiger partial charge in [-0.1, -0.05) is 5.73 Å². The maximum absolute atomic E-state index is 9.92. The quantitative estimate of drug-likeness (QED) is 0.435. The van der Waals surface area contributed by atoms with Crippen LogP contribution in [0.15, 0.2) is 17.1 Å². The Bertz CT molecular complexity index is 150. The highest BCUT2D eigenvalue weighted by atomic mass is 31.1. The van der Waals surface area contributed by atoms with Crippen LogP contribution < -0.4 is 0 Å². The summed E-state index contributed by atoms with van der Waals surface area (Å²) in [7, 11) is -2.14. The molecule has 0 spiro atoms. The van der Waals surface area contributed by atoms with Gasteiger partial charge < -0.3 is 0 Å². The molecule has 0 aliphatic carbocycles. The fourth-order valence-electron chi connectivity index (χ4n) is 0.184. The Morgan fingerprint density at radius 3 is 2.38 bits per heavy atom. The molecule has 1 atom stereocenters. The second-order valence-corrected chi connectivity index (χ2v) is 2.44. The molecule has 1 N–H and O–H groups in total. The monoisotopic (exact) mass is 131 g/mol. The second kappa shape index (κ2) is 3.57. The zero-order valence-electron chi connectivity index (χ0n) is 4.88. The van der Waals surface area contributed by atoms with E-state index < -0.39 is 8.03 Å². The second-order valence-electron chi connectivity index (χ2n) is 1.58. The lowest BCUT2D eigenvalue weighted by Gasteiger charge is -1.68. The van der Waals surface area contributed by atoms with Crippen molar-refractivity contribution in [1.82, 2.24) is 0 Å². The van der Waals surface area contributed by atoms with E-state index in [0.717, 1.165) is 11.4 Å². The van der Waals surface area contributed by atoms with Gasteiger partial charge in [-0.3, -0.25) is 0 Å². The van der Waals surface area contributed by atoms with Gasteiger partial charge in [0.05, 0.1) is 0 Å². The van der Waals surface area contributed by atoms with Crippen LogP contribution in [0.2, 0.25) is 0 Å². The molecule has 0 saturated heterocycles. The lowest BCUT2D eigenvalue weighted by molar-refractivity contribution is 0.512. The minimum absolute atomic E-state index is 0.905. The molecule has 0 aliphatic heterocycles. The third-order valence-electron chi connectivity index (χ3n) is 0.464. The molecular weight excluding hydrogens is 123 g/mol. The molecule has 0 bridgehead atoms. The van der Waals surface area contributed by atoms with Crippen molar-refractivity contribution in [2.24, 2.45) is 0 Å². The maximum Gasteiger partial charge on any atom is 0.546 e. The topological polar surface area (TPSA) is 37.3 Å². The molecule has 0 amide bonds. The molecule has 44 valence electrons. The van der Waals surface area contributed by atoms with E-state index in [1.807, 2.05) is 13.8 Å². The summed E-state index contributed by atoms with van der Waals surface area (Å²) in [6, 6.07) is 0. The van der Waals surface area contributed by atoms with Crippen molar-refractivity contribution in [3.05, 3.63) is 17.1 Å². The first-order chi connectivity index (χ1) is 3.63. The molecule has 0 heterocycles. The Balaban J connectivity index is 4.03. The van der Waals surface area contributed by atoms with Gasteiger partial charge in [0, 0.05) is 0 Å². The summed E-state index contributed by atoms with van der Waals surface area (Å²) in [6.07, 6.45) is 0. The molecule has 8 heavy (non-hydrogen) atoms. The molecule has 0 aromatic rings. The molecule has 0 rings (SSSR count). The Kier molecular flexibility index (Phi) is 3.38. The molecule has 0 aliphatic rings. The van der Waals surface area contributed by atoms with Crippen LogP contribution in [0.4, 0.5) is 0 Å². The summed E-state index contributed by atoms with van der Waals surface area (Å²) in [5, 5.41) is 0. The molecule has 2 nitrogen and oxygen atoms in total. The van der Waals surface area contributed by atoms with Crippen molar-refractivity contribution in [3.8, 4) is 0 Å². The number of allylic oxidation sites excluding steroid dienone is 1. The molecule has 0 fully saturated rings. The van der Waals surface area contributed by atoms with Gasteiger partial charge in [0.1, 0.15) is 0 Å². The van der Waals surface area contributed by atoms with Gasteiger partial charge in [0.15, 0.2) is 0 Å². The van der Waals surface area contributed by atoms with E-state index in [4.69, 9.17) is 4.89 Å². The van der Waals surface area contributed by atoms with E-state index in [9.17, 15) is 4.57 Å². The average Bonchev–Trinajstić information content (AvgIpc) is 1.61. The van der Waals surface area contributed by atoms with Crippen LogP contribution in [-0.4, -0.2) is 4.89 Å². The Morgan fingerprint density at radius 1 is 1.75 bits per heavy atom. The van der Waals surface area contributed by atoms with Crippen molar-refractivity contribution in [3.63, 3.8) is 0 Å². The summed E-state index contributed by atoms with van der Waals surface area (Å²) in [5.41, 5.74) is 3.51. The highest BCUT2D eigenvalue weighted by Gasteiger charge is 1.97. The van der Waals surface area contributed by atoms with Gasteiger partial charge in [0.25, 0.3) is 0 Å². The minimum atomic E-state index is -2.14. The van der Waals surface area contributed by atoms with Crippen LogP contribution in [0.3, 0.4) is 0 Å².